The Morgan fingerprint density at radius 3 is 3.00 bits per heavy atom. The second-order valence-corrected chi connectivity index (χ2v) is 6.17. The monoisotopic (exact) mass is 312 g/mol. The molecule has 1 unspecified atom stereocenters. The third kappa shape index (κ3) is 3.26. The van der Waals surface area contributed by atoms with Crippen LogP contribution in [0.25, 0.3) is 11.3 Å². The van der Waals surface area contributed by atoms with E-state index in [0.29, 0.717) is 17.5 Å². The largest absolute Gasteiger partial charge is 0.350 e. The fraction of sp³-hybridized carbons (Fsp3) is 0.312. The number of thiazole rings is 1. The fourth-order valence-electron chi connectivity index (χ4n) is 2.52. The lowest BCUT2D eigenvalue weighted by Gasteiger charge is -2.10. The summed E-state index contributed by atoms with van der Waals surface area (Å²) in [5, 5.41) is 14.1. The number of nitriles is 1. The van der Waals surface area contributed by atoms with E-state index >= 15 is 0 Å². The van der Waals surface area contributed by atoms with Crippen LogP contribution in [-0.4, -0.2) is 35.4 Å². The number of likely N-dealkylation sites (tertiary alicyclic amines) is 1. The fourth-order valence-corrected chi connectivity index (χ4v) is 3.26. The van der Waals surface area contributed by atoms with Crippen molar-refractivity contribution in [1.82, 2.24) is 15.2 Å². The molecule has 1 N–H and O–H groups in total. The van der Waals surface area contributed by atoms with Gasteiger partial charge in [-0.1, -0.05) is 30.3 Å². The van der Waals surface area contributed by atoms with Gasteiger partial charge in [0, 0.05) is 30.6 Å². The standard InChI is InChI=1S/C16H16N4OS/c17-11-20-7-6-12(9-20)8-18-15(21)16-19-14(10-22-16)13-4-2-1-3-5-13/h1-5,10,12H,6-9H2,(H,18,21). The van der Waals surface area contributed by atoms with Crippen molar-refractivity contribution in [3.05, 3.63) is 40.7 Å². The number of benzene rings is 1. The Bertz CT molecular complexity index is 692. The van der Waals surface area contributed by atoms with Gasteiger partial charge in [-0.25, -0.2) is 4.98 Å². The first-order valence-corrected chi connectivity index (χ1v) is 8.08. The first-order valence-electron chi connectivity index (χ1n) is 7.20. The first kappa shape index (κ1) is 14.5. The number of nitrogens with one attached hydrogen (secondary N) is 1. The Morgan fingerprint density at radius 1 is 1.45 bits per heavy atom. The van der Waals surface area contributed by atoms with Gasteiger partial charge >= 0.3 is 0 Å². The van der Waals surface area contributed by atoms with Crippen molar-refractivity contribution >= 4 is 17.2 Å². The minimum absolute atomic E-state index is 0.136. The molecule has 5 nitrogen and oxygen atoms in total. The van der Waals surface area contributed by atoms with Crippen LogP contribution in [0.5, 0.6) is 0 Å². The summed E-state index contributed by atoms with van der Waals surface area (Å²) in [4.78, 5) is 18.3. The predicted octanol–water partition coefficient (Wildman–Crippen LogP) is 2.34. The summed E-state index contributed by atoms with van der Waals surface area (Å²) >= 11 is 1.35. The summed E-state index contributed by atoms with van der Waals surface area (Å²) in [6.45, 7) is 2.10. The maximum absolute atomic E-state index is 12.2. The molecule has 1 aliphatic rings. The lowest BCUT2D eigenvalue weighted by atomic mass is 10.1. The van der Waals surface area contributed by atoms with Gasteiger partial charge in [-0.2, -0.15) is 5.26 Å². The molecule has 22 heavy (non-hydrogen) atoms. The SMILES string of the molecule is N#CN1CCC(CNC(=O)c2nc(-c3ccccc3)cs2)C1. The van der Waals surface area contributed by atoms with Gasteiger partial charge in [-0.05, 0) is 12.3 Å². The number of carbonyl (C=O) groups is 1. The third-order valence-corrected chi connectivity index (χ3v) is 4.59. The molecule has 0 radical (unpaired) electrons. The molecule has 6 heteroatoms. The van der Waals surface area contributed by atoms with Crippen LogP contribution in [-0.2, 0) is 0 Å². The number of nitrogens with zero attached hydrogens (tertiary/aromatic N) is 3. The number of rotatable bonds is 4. The van der Waals surface area contributed by atoms with Gasteiger partial charge in [0.05, 0.1) is 5.69 Å². The highest BCUT2D eigenvalue weighted by Gasteiger charge is 2.22. The van der Waals surface area contributed by atoms with Crippen molar-refractivity contribution in [2.75, 3.05) is 19.6 Å². The van der Waals surface area contributed by atoms with Gasteiger partial charge in [0.25, 0.3) is 5.91 Å². The molecule has 0 saturated carbocycles. The molecule has 3 rings (SSSR count). The van der Waals surface area contributed by atoms with Crippen LogP contribution in [0.4, 0.5) is 0 Å². The molecule has 1 aromatic carbocycles. The molecule has 1 atom stereocenters. The van der Waals surface area contributed by atoms with Crippen molar-refractivity contribution in [3.63, 3.8) is 0 Å². The zero-order valence-electron chi connectivity index (χ0n) is 12.0. The summed E-state index contributed by atoms with van der Waals surface area (Å²) < 4.78 is 0. The van der Waals surface area contributed by atoms with Gasteiger partial charge in [0.1, 0.15) is 0 Å². The van der Waals surface area contributed by atoms with Crippen LogP contribution in [0.15, 0.2) is 35.7 Å². The van der Waals surface area contributed by atoms with Crippen LogP contribution in [0.1, 0.15) is 16.2 Å². The zero-order chi connectivity index (χ0) is 15.4. The summed E-state index contributed by atoms with van der Waals surface area (Å²) in [5.74, 6) is 0.208. The molecule has 112 valence electrons. The van der Waals surface area contributed by atoms with Crippen LogP contribution in [0, 0.1) is 17.4 Å². The minimum atomic E-state index is -0.136. The van der Waals surface area contributed by atoms with Gasteiger partial charge in [0.15, 0.2) is 11.2 Å². The molecule has 1 aliphatic heterocycles. The van der Waals surface area contributed by atoms with E-state index in [0.717, 1.165) is 30.8 Å². The van der Waals surface area contributed by atoms with Crippen LogP contribution < -0.4 is 5.32 Å². The van der Waals surface area contributed by atoms with Crippen LogP contribution in [0.3, 0.4) is 0 Å². The summed E-state index contributed by atoms with van der Waals surface area (Å²) in [7, 11) is 0. The molecule has 2 heterocycles. The quantitative estimate of drug-likeness (QED) is 0.880. The van der Waals surface area contributed by atoms with Gasteiger partial charge in [-0.3, -0.25) is 4.79 Å². The summed E-state index contributed by atoms with van der Waals surface area (Å²) in [5.41, 5.74) is 1.84. The van der Waals surface area contributed by atoms with Crippen LogP contribution >= 0.6 is 11.3 Å². The van der Waals surface area contributed by atoms with E-state index < -0.39 is 0 Å². The lowest BCUT2D eigenvalue weighted by Crippen LogP contribution is -2.30. The average molecular weight is 312 g/mol. The number of hydrogen-bond acceptors (Lipinski definition) is 5. The molecule has 1 amide bonds. The van der Waals surface area contributed by atoms with Crippen molar-refractivity contribution in [1.29, 1.82) is 5.26 Å². The number of hydrogen-bond donors (Lipinski definition) is 1. The Balaban J connectivity index is 1.57. The van der Waals surface area contributed by atoms with E-state index in [9.17, 15) is 4.79 Å². The normalized spacial score (nSPS) is 17.2. The molecule has 0 bridgehead atoms. The molecule has 2 aromatic rings. The van der Waals surface area contributed by atoms with Crippen molar-refractivity contribution in [3.8, 4) is 17.5 Å². The predicted molar refractivity (Wildman–Crippen MR) is 85.2 cm³/mol. The summed E-state index contributed by atoms with van der Waals surface area (Å²) in [6.07, 6.45) is 3.09. The topological polar surface area (TPSA) is 69.0 Å². The van der Waals surface area contributed by atoms with Crippen molar-refractivity contribution in [2.24, 2.45) is 5.92 Å². The smallest absolute Gasteiger partial charge is 0.280 e. The van der Waals surface area contributed by atoms with E-state index in [4.69, 9.17) is 5.26 Å². The van der Waals surface area contributed by atoms with E-state index in [1.165, 1.54) is 11.3 Å². The van der Waals surface area contributed by atoms with E-state index in [1.54, 1.807) is 4.90 Å². The van der Waals surface area contributed by atoms with Crippen LogP contribution in [0.2, 0.25) is 0 Å². The Hall–Kier alpha value is -2.39. The van der Waals surface area contributed by atoms with Gasteiger partial charge in [-0.15, -0.1) is 11.3 Å². The Kier molecular flexibility index (Phi) is 4.35. The molecular formula is C16H16N4OS. The second-order valence-electron chi connectivity index (χ2n) is 5.31. The highest BCUT2D eigenvalue weighted by molar-refractivity contribution is 7.12. The second kappa shape index (κ2) is 6.58. The van der Waals surface area contributed by atoms with Gasteiger partial charge in [0.2, 0.25) is 0 Å². The van der Waals surface area contributed by atoms with Crippen molar-refractivity contribution < 1.29 is 4.79 Å². The van der Waals surface area contributed by atoms with Crippen molar-refractivity contribution in [2.45, 2.75) is 6.42 Å². The zero-order valence-corrected chi connectivity index (χ0v) is 12.8. The highest BCUT2D eigenvalue weighted by atomic mass is 32.1. The Morgan fingerprint density at radius 2 is 2.27 bits per heavy atom. The van der Waals surface area contributed by atoms with Gasteiger partial charge < -0.3 is 10.2 Å². The number of carbonyl (C=O) groups excluding carboxylic acids is 1. The molecule has 0 spiro atoms. The third-order valence-electron chi connectivity index (χ3n) is 3.75. The highest BCUT2D eigenvalue weighted by Crippen LogP contribution is 2.21. The Labute approximate surface area is 133 Å². The maximum atomic E-state index is 12.2. The molecule has 0 aliphatic carbocycles. The van der Waals surface area contributed by atoms with E-state index in [-0.39, 0.29) is 5.91 Å². The molecule has 1 fully saturated rings. The number of aromatic nitrogens is 1. The van der Waals surface area contributed by atoms with E-state index in [2.05, 4.69) is 16.5 Å². The minimum Gasteiger partial charge on any atom is -0.350 e. The summed E-state index contributed by atoms with van der Waals surface area (Å²) in [6, 6.07) is 9.82. The average Bonchev–Trinajstić information content (AvgIpc) is 3.22. The molecule has 1 aromatic heterocycles. The lowest BCUT2D eigenvalue weighted by molar-refractivity contribution is 0.0947. The molecular weight excluding hydrogens is 296 g/mol. The maximum Gasteiger partial charge on any atom is 0.280 e. The molecule has 1 saturated heterocycles. The number of amides is 1. The van der Waals surface area contributed by atoms with E-state index in [1.807, 2.05) is 35.7 Å². The first-order chi connectivity index (χ1) is 10.8.